The number of carbonyl (C=O) groups excluding carboxylic acids is 1. The number of aromatic nitrogens is 3. The predicted molar refractivity (Wildman–Crippen MR) is 143 cm³/mol. The smallest absolute Gasteiger partial charge is 0.411 e. The molecule has 0 aliphatic carbocycles. The highest BCUT2D eigenvalue weighted by Crippen LogP contribution is 2.33. The van der Waals surface area contributed by atoms with E-state index < -0.39 is 23.7 Å². The molecule has 3 heterocycles. The normalized spacial score (nSPS) is 17.7. The molecule has 37 heavy (non-hydrogen) atoms. The Morgan fingerprint density at radius 2 is 1.92 bits per heavy atom. The summed E-state index contributed by atoms with van der Waals surface area (Å²) in [5, 5.41) is 25.2. The molecule has 4 N–H and O–H groups in total. The Morgan fingerprint density at radius 1 is 1.16 bits per heavy atom. The van der Waals surface area contributed by atoms with Gasteiger partial charge in [0.05, 0.1) is 16.6 Å². The summed E-state index contributed by atoms with van der Waals surface area (Å²) in [7, 11) is 3.82. The van der Waals surface area contributed by atoms with Crippen LogP contribution in [0.5, 0.6) is 0 Å². The molecule has 1 aliphatic rings. The minimum atomic E-state index is -1.06. The second kappa shape index (κ2) is 10.6. The number of nitrogens with zero attached hydrogens (tertiary/aromatic N) is 4. The number of likely N-dealkylation sites (tertiary alicyclic amines) is 1. The zero-order chi connectivity index (χ0) is 26.7. The number of benzene rings is 1. The van der Waals surface area contributed by atoms with Crippen LogP contribution in [-0.2, 0) is 16.6 Å². The largest absolute Gasteiger partial charge is 0.480 e. The molecule has 1 aliphatic heterocycles. The van der Waals surface area contributed by atoms with Crippen molar-refractivity contribution in [2.24, 2.45) is 7.05 Å². The van der Waals surface area contributed by atoms with Crippen LogP contribution in [0.25, 0.3) is 22.2 Å². The van der Waals surface area contributed by atoms with E-state index in [0.717, 1.165) is 41.1 Å². The van der Waals surface area contributed by atoms with Gasteiger partial charge >= 0.3 is 12.1 Å². The number of aliphatic carboxylic acids is 1. The van der Waals surface area contributed by atoms with Crippen LogP contribution in [0.3, 0.4) is 0 Å². The van der Waals surface area contributed by atoms with Crippen LogP contribution >= 0.6 is 0 Å². The zero-order valence-electron chi connectivity index (χ0n) is 21.9. The molecule has 198 valence electrons. The standard InChI is InChI=1S/C26H35N7O4/c1-26(2,3)37-25(36)33-15-16(14-20(33)24(34)35)29-21-11-7-9-18(30-21)17-8-6-10-19-22(17)23(32(5)31-19)28-13-12-27-4/h6-11,16,20,27-28H,12-15H2,1-5H3,(H,29,30)(H,34,35)/t16-,20-/m0/s1. The van der Waals surface area contributed by atoms with Crippen LogP contribution in [0.2, 0.25) is 0 Å². The fourth-order valence-electron chi connectivity index (χ4n) is 4.54. The van der Waals surface area contributed by atoms with Crippen molar-refractivity contribution in [3.63, 3.8) is 0 Å². The first-order valence-corrected chi connectivity index (χ1v) is 12.4. The molecule has 1 saturated heterocycles. The summed E-state index contributed by atoms with van der Waals surface area (Å²) >= 11 is 0. The highest BCUT2D eigenvalue weighted by molar-refractivity contribution is 6.02. The van der Waals surface area contributed by atoms with Gasteiger partial charge in [-0.2, -0.15) is 5.10 Å². The van der Waals surface area contributed by atoms with E-state index in [-0.39, 0.29) is 19.0 Å². The van der Waals surface area contributed by atoms with E-state index in [9.17, 15) is 14.7 Å². The molecule has 11 heteroatoms. The molecule has 0 saturated carbocycles. The van der Waals surface area contributed by atoms with E-state index in [1.807, 2.05) is 55.2 Å². The summed E-state index contributed by atoms with van der Waals surface area (Å²) in [6.45, 7) is 7.03. The number of rotatable bonds is 8. The van der Waals surface area contributed by atoms with E-state index in [1.165, 1.54) is 4.90 Å². The third kappa shape index (κ3) is 5.93. The zero-order valence-corrected chi connectivity index (χ0v) is 21.9. The second-order valence-corrected chi connectivity index (χ2v) is 10.2. The summed E-state index contributed by atoms with van der Waals surface area (Å²) in [5.41, 5.74) is 1.85. The number of pyridine rings is 1. The molecule has 4 rings (SSSR count). The van der Waals surface area contributed by atoms with Gasteiger partial charge in [0.2, 0.25) is 0 Å². The number of fused-ring (bicyclic) bond motifs is 1. The summed E-state index contributed by atoms with van der Waals surface area (Å²) in [4.78, 5) is 30.6. The summed E-state index contributed by atoms with van der Waals surface area (Å²) < 4.78 is 7.26. The first-order valence-electron chi connectivity index (χ1n) is 12.4. The molecule has 2 atom stereocenters. The maximum atomic E-state index is 12.6. The lowest BCUT2D eigenvalue weighted by Crippen LogP contribution is -2.43. The molecule has 2 aromatic heterocycles. The average molecular weight is 510 g/mol. The van der Waals surface area contributed by atoms with Crippen LogP contribution in [0.15, 0.2) is 36.4 Å². The molecule has 1 aromatic carbocycles. The molecular weight excluding hydrogens is 474 g/mol. The van der Waals surface area contributed by atoms with Crippen LogP contribution < -0.4 is 16.0 Å². The van der Waals surface area contributed by atoms with Crippen LogP contribution in [0.4, 0.5) is 16.4 Å². The SMILES string of the molecule is CNCCNc1c2c(-c3cccc(N[C@H]4C[C@@H](C(=O)O)N(C(=O)OC(C)(C)C)C4)n3)cccc2nn1C. The number of hydrogen-bond acceptors (Lipinski definition) is 8. The number of hydrogen-bond donors (Lipinski definition) is 4. The lowest BCUT2D eigenvalue weighted by Gasteiger charge is -2.26. The van der Waals surface area contributed by atoms with Gasteiger partial charge in [0.1, 0.15) is 23.3 Å². The van der Waals surface area contributed by atoms with Crippen molar-refractivity contribution in [2.45, 2.75) is 44.9 Å². The highest BCUT2D eigenvalue weighted by Gasteiger charge is 2.41. The predicted octanol–water partition coefficient (Wildman–Crippen LogP) is 3.14. The maximum Gasteiger partial charge on any atom is 0.411 e. The van der Waals surface area contributed by atoms with Crippen molar-refractivity contribution in [2.75, 3.05) is 37.3 Å². The molecule has 1 amide bonds. The van der Waals surface area contributed by atoms with E-state index in [2.05, 4.69) is 21.0 Å². The number of nitrogens with one attached hydrogen (secondary N) is 3. The van der Waals surface area contributed by atoms with Gasteiger partial charge in [0, 0.05) is 44.7 Å². The topological polar surface area (TPSA) is 134 Å². The highest BCUT2D eigenvalue weighted by atomic mass is 16.6. The lowest BCUT2D eigenvalue weighted by atomic mass is 10.1. The average Bonchev–Trinajstić information content (AvgIpc) is 3.39. The Bertz CT molecular complexity index is 1280. The third-order valence-electron chi connectivity index (χ3n) is 6.12. The van der Waals surface area contributed by atoms with Gasteiger partial charge in [0.25, 0.3) is 0 Å². The number of aryl methyl sites for hydroxylation is 1. The molecule has 11 nitrogen and oxygen atoms in total. The number of ether oxygens (including phenoxy) is 1. The molecule has 0 unspecified atom stereocenters. The van der Waals surface area contributed by atoms with Crippen LogP contribution in [0.1, 0.15) is 27.2 Å². The fraction of sp³-hybridized carbons (Fsp3) is 0.462. The molecule has 1 fully saturated rings. The van der Waals surface area contributed by atoms with Crippen LogP contribution in [0, 0.1) is 0 Å². The van der Waals surface area contributed by atoms with Crippen molar-refractivity contribution in [3.05, 3.63) is 36.4 Å². The van der Waals surface area contributed by atoms with Gasteiger partial charge in [-0.3, -0.25) is 9.58 Å². The summed E-state index contributed by atoms with van der Waals surface area (Å²) in [5.74, 6) is 0.454. The van der Waals surface area contributed by atoms with Crippen molar-refractivity contribution in [3.8, 4) is 11.3 Å². The lowest BCUT2D eigenvalue weighted by molar-refractivity contribution is -0.142. The number of likely N-dealkylation sites (N-methyl/N-ethyl adjacent to an activating group) is 1. The van der Waals surface area contributed by atoms with Gasteiger partial charge < -0.3 is 25.8 Å². The minimum absolute atomic E-state index is 0.204. The van der Waals surface area contributed by atoms with Gasteiger partial charge in [-0.25, -0.2) is 14.6 Å². The third-order valence-corrected chi connectivity index (χ3v) is 6.12. The maximum absolute atomic E-state index is 12.6. The van der Waals surface area contributed by atoms with Gasteiger partial charge in [-0.05, 0) is 46.0 Å². The Morgan fingerprint density at radius 3 is 2.62 bits per heavy atom. The first-order chi connectivity index (χ1) is 17.6. The first kappa shape index (κ1) is 26.2. The number of carbonyl (C=O) groups is 2. The van der Waals surface area contributed by atoms with Gasteiger partial charge in [-0.1, -0.05) is 18.2 Å². The molecule has 0 spiro atoms. The van der Waals surface area contributed by atoms with Crippen molar-refractivity contribution in [1.82, 2.24) is 25.0 Å². The van der Waals surface area contributed by atoms with E-state index in [4.69, 9.17) is 9.72 Å². The Hall–Kier alpha value is -3.86. The van der Waals surface area contributed by atoms with Crippen molar-refractivity contribution >= 4 is 34.6 Å². The van der Waals surface area contributed by atoms with E-state index in [0.29, 0.717) is 5.82 Å². The Kier molecular flexibility index (Phi) is 7.53. The summed E-state index contributed by atoms with van der Waals surface area (Å²) in [6, 6.07) is 10.4. The minimum Gasteiger partial charge on any atom is -0.480 e. The number of amides is 1. The molecular formula is C26H35N7O4. The van der Waals surface area contributed by atoms with Crippen molar-refractivity contribution in [1.29, 1.82) is 0 Å². The van der Waals surface area contributed by atoms with E-state index >= 15 is 0 Å². The van der Waals surface area contributed by atoms with Crippen LogP contribution in [-0.4, -0.2) is 81.2 Å². The quantitative estimate of drug-likeness (QED) is 0.338. The monoisotopic (exact) mass is 509 g/mol. The number of carboxylic acid groups (broad SMARTS) is 1. The van der Waals surface area contributed by atoms with Crippen molar-refractivity contribution < 1.29 is 19.4 Å². The van der Waals surface area contributed by atoms with Gasteiger partial charge in [-0.15, -0.1) is 0 Å². The fourth-order valence-corrected chi connectivity index (χ4v) is 4.54. The van der Waals surface area contributed by atoms with E-state index in [1.54, 1.807) is 20.8 Å². The Balaban J connectivity index is 1.58. The molecule has 3 aromatic rings. The molecule has 0 bridgehead atoms. The molecule has 0 radical (unpaired) electrons. The number of anilines is 2. The Labute approximate surface area is 216 Å². The van der Waals surface area contributed by atoms with Gasteiger partial charge in [0.15, 0.2) is 0 Å². The summed E-state index contributed by atoms with van der Waals surface area (Å²) in [6.07, 6.45) is -0.384. The second-order valence-electron chi connectivity index (χ2n) is 10.2. The number of carboxylic acids is 1.